The van der Waals surface area contributed by atoms with Crippen LogP contribution in [-0.4, -0.2) is 35.6 Å². The van der Waals surface area contributed by atoms with Gasteiger partial charge in [-0.25, -0.2) is 0 Å². The summed E-state index contributed by atoms with van der Waals surface area (Å²) in [6.45, 7) is 2.31. The zero-order valence-corrected chi connectivity index (χ0v) is 10.2. The fourth-order valence-electron chi connectivity index (χ4n) is 1.67. The van der Waals surface area contributed by atoms with Crippen LogP contribution in [0.3, 0.4) is 0 Å². The third kappa shape index (κ3) is 2.90. The Balaban J connectivity index is 2.11. The molecule has 0 radical (unpaired) electrons. The normalized spacial score (nSPS) is 25.9. The highest BCUT2D eigenvalue weighted by Crippen LogP contribution is 2.29. The topological polar surface area (TPSA) is 58.9 Å². The molecule has 1 heterocycles. The summed E-state index contributed by atoms with van der Waals surface area (Å²) < 4.78 is 10.6. The Hall–Kier alpha value is -0.810. The second-order valence-corrected chi connectivity index (χ2v) is 4.53. The molecule has 0 saturated carbocycles. The van der Waals surface area contributed by atoms with Gasteiger partial charge >= 0.3 is 0 Å². The molecule has 2 rings (SSSR count). The number of aliphatic hydroxyl groups is 2. The van der Waals surface area contributed by atoms with Gasteiger partial charge in [0.25, 0.3) is 0 Å². The van der Waals surface area contributed by atoms with Crippen LogP contribution in [-0.2, 0) is 4.74 Å². The highest BCUT2D eigenvalue weighted by atomic mass is 35.5. The molecule has 0 aromatic heterocycles. The third-order valence-corrected chi connectivity index (χ3v) is 3.01. The molecule has 2 unspecified atom stereocenters. The zero-order valence-electron chi connectivity index (χ0n) is 9.47. The first kappa shape index (κ1) is 12.6. The molecule has 0 bridgehead atoms. The molecule has 1 saturated heterocycles. The number of hydrogen-bond donors (Lipinski definition) is 2. The van der Waals surface area contributed by atoms with Crippen molar-refractivity contribution in [2.45, 2.75) is 25.2 Å². The molecule has 1 aliphatic heterocycles. The van der Waals surface area contributed by atoms with E-state index in [9.17, 15) is 10.2 Å². The van der Waals surface area contributed by atoms with Gasteiger partial charge in [0.2, 0.25) is 0 Å². The van der Waals surface area contributed by atoms with E-state index in [0.717, 1.165) is 5.56 Å². The molecule has 2 N–H and O–H groups in total. The van der Waals surface area contributed by atoms with Crippen molar-refractivity contribution in [3.63, 3.8) is 0 Å². The second-order valence-electron chi connectivity index (χ2n) is 4.13. The number of benzene rings is 1. The largest absolute Gasteiger partial charge is 0.484 e. The Morgan fingerprint density at radius 3 is 2.76 bits per heavy atom. The maximum atomic E-state index is 9.55. The minimum atomic E-state index is -0.623. The van der Waals surface area contributed by atoms with Crippen LogP contribution >= 0.6 is 11.6 Å². The summed E-state index contributed by atoms with van der Waals surface area (Å²) in [5.41, 5.74) is 0.727. The lowest BCUT2D eigenvalue weighted by atomic mass is 10.1. The van der Waals surface area contributed by atoms with E-state index in [1.165, 1.54) is 0 Å². The Morgan fingerprint density at radius 1 is 1.47 bits per heavy atom. The summed E-state index contributed by atoms with van der Waals surface area (Å²) >= 11 is 6.04. The van der Waals surface area contributed by atoms with Crippen molar-refractivity contribution >= 4 is 11.6 Å². The van der Waals surface area contributed by atoms with Crippen LogP contribution in [0.25, 0.3) is 0 Å². The third-order valence-electron chi connectivity index (χ3n) is 2.72. The molecular formula is C12H15ClO4. The Kier molecular flexibility index (Phi) is 3.89. The lowest BCUT2D eigenvalue weighted by Gasteiger charge is -2.17. The van der Waals surface area contributed by atoms with Gasteiger partial charge in [-0.1, -0.05) is 17.7 Å². The highest BCUT2D eigenvalue weighted by molar-refractivity contribution is 6.32. The van der Waals surface area contributed by atoms with E-state index in [-0.39, 0.29) is 12.7 Å². The first-order chi connectivity index (χ1) is 8.08. The van der Waals surface area contributed by atoms with Crippen LogP contribution in [0, 0.1) is 0 Å². The summed E-state index contributed by atoms with van der Waals surface area (Å²) in [5.74, 6) is 0.491. The number of halogens is 1. The van der Waals surface area contributed by atoms with Crippen molar-refractivity contribution in [1.82, 2.24) is 0 Å². The van der Waals surface area contributed by atoms with Gasteiger partial charge in [0, 0.05) is 0 Å². The summed E-state index contributed by atoms with van der Waals surface area (Å²) in [6, 6.07) is 5.09. The molecule has 17 heavy (non-hydrogen) atoms. The summed E-state index contributed by atoms with van der Waals surface area (Å²) in [5, 5.41) is 19.4. The van der Waals surface area contributed by atoms with Crippen molar-refractivity contribution in [2.75, 3.05) is 13.2 Å². The highest BCUT2D eigenvalue weighted by Gasteiger charge is 2.28. The van der Waals surface area contributed by atoms with Gasteiger partial charge in [0.05, 0.1) is 24.3 Å². The van der Waals surface area contributed by atoms with Crippen LogP contribution in [0.2, 0.25) is 5.02 Å². The molecule has 1 aromatic rings. The molecule has 1 fully saturated rings. The molecule has 0 aliphatic carbocycles. The maximum Gasteiger partial charge on any atom is 0.150 e. The predicted molar refractivity (Wildman–Crippen MR) is 63.3 cm³/mol. The van der Waals surface area contributed by atoms with Crippen molar-refractivity contribution in [3.05, 3.63) is 28.8 Å². The van der Waals surface area contributed by atoms with E-state index >= 15 is 0 Å². The molecule has 5 heteroatoms. The SMILES string of the molecule is C[C@@H](O)c1ccc(OC2COCC2O)c(Cl)c1. The Morgan fingerprint density at radius 2 is 2.24 bits per heavy atom. The van der Waals surface area contributed by atoms with Crippen LogP contribution in [0.4, 0.5) is 0 Å². The monoisotopic (exact) mass is 258 g/mol. The van der Waals surface area contributed by atoms with E-state index in [4.69, 9.17) is 21.1 Å². The zero-order chi connectivity index (χ0) is 12.4. The van der Waals surface area contributed by atoms with Gasteiger partial charge in [0.15, 0.2) is 0 Å². The molecule has 1 aliphatic rings. The number of rotatable bonds is 3. The summed E-state index contributed by atoms with van der Waals surface area (Å²) in [4.78, 5) is 0. The first-order valence-electron chi connectivity index (χ1n) is 5.48. The van der Waals surface area contributed by atoms with Crippen molar-refractivity contribution in [2.24, 2.45) is 0 Å². The predicted octanol–water partition coefficient (Wildman–Crippen LogP) is 1.53. The van der Waals surface area contributed by atoms with E-state index < -0.39 is 12.2 Å². The van der Waals surface area contributed by atoms with Crippen LogP contribution in [0.5, 0.6) is 5.75 Å². The molecule has 0 spiro atoms. The average Bonchev–Trinajstić information content (AvgIpc) is 2.67. The minimum absolute atomic E-state index is 0.286. The molecular weight excluding hydrogens is 244 g/mol. The minimum Gasteiger partial charge on any atom is -0.484 e. The Labute approximate surface area is 105 Å². The smallest absolute Gasteiger partial charge is 0.150 e. The Bertz CT molecular complexity index is 394. The van der Waals surface area contributed by atoms with Gasteiger partial charge in [-0.2, -0.15) is 0 Å². The number of aliphatic hydroxyl groups excluding tert-OH is 2. The van der Waals surface area contributed by atoms with Gasteiger partial charge < -0.3 is 19.7 Å². The molecule has 3 atom stereocenters. The summed E-state index contributed by atoms with van der Waals surface area (Å²) in [7, 11) is 0. The average molecular weight is 259 g/mol. The number of ether oxygens (including phenoxy) is 2. The van der Waals surface area contributed by atoms with Gasteiger partial charge in [0.1, 0.15) is 18.0 Å². The lowest BCUT2D eigenvalue weighted by Crippen LogP contribution is -2.29. The van der Waals surface area contributed by atoms with E-state index in [1.54, 1.807) is 25.1 Å². The van der Waals surface area contributed by atoms with Gasteiger partial charge in [-0.3, -0.25) is 0 Å². The molecule has 0 amide bonds. The summed E-state index contributed by atoms with van der Waals surface area (Å²) in [6.07, 6.45) is -1.57. The fourth-order valence-corrected chi connectivity index (χ4v) is 1.91. The maximum absolute atomic E-state index is 9.55. The van der Waals surface area contributed by atoms with Crippen LogP contribution in [0.1, 0.15) is 18.6 Å². The van der Waals surface area contributed by atoms with Gasteiger partial charge in [-0.05, 0) is 24.6 Å². The van der Waals surface area contributed by atoms with E-state index in [1.807, 2.05) is 0 Å². The molecule has 4 nitrogen and oxygen atoms in total. The first-order valence-corrected chi connectivity index (χ1v) is 5.85. The van der Waals surface area contributed by atoms with E-state index in [0.29, 0.717) is 17.4 Å². The quantitative estimate of drug-likeness (QED) is 0.863. The molecule has 94 valence electrons. The van der Waals surface area contributed by atoms with E-state index in [2.05, 4.69) is 0 Å². The second kappa shape index (κ2) is 5.23. The van der Waals surface area contributed by atoms with Gasteiger partial charge in [-0.15, -0.1) is 0 Å². The van der Waals surface area contributed by atoms with Crippen molar-refractivity contribution in [1.29, 1.82) is 0 Å². The van der Waals surface area contributed by atoms with Crippen molar-refractivity contribution in [3.8, 4) is 5.75 Å². The van der Waals surface area contributed by atoms with Crippen LogP contribution < -0.4 is 4.74 Å². The van der Waals surface area contributed by atoms with Crippen LogP contribution in [0.15, 0.2) is 18.2 Å². The standard InChI is InChI=1S/C12H15ClO4/c1-7(14)8-2-3-11(9(13)4-8)17-12-6-16-5-10(12)15/h2-4,7,10,12,14-15H,5-6H2,1H3/t7-,10?,12?/m1/s1. The fraction of sp³-hybridized carbons (Fsp3) is 0.500. The lowest BCUT2D eigenvalue weighted by molar-refractivity contribution is 0.0733. The van der Waals surface area contributed by atoms with Crippen molar-refractivity contribution < 1.29 is 19.7 Å². The number of hydrogen-bond acceptors (Lipinski definition) is 4. The molecule has 1 aromatic carbocycles.